The molecule has 0 aliphatic carbocycles. The average Bonchev–Trinajstić information content (AvgIpc) is 2.50. The molecule has 0 radical (unpaired) electrons. The molecule has 2 unspecified atom stereocenters. The van der Waals surface area contributed by atoms with E-state index in [0.29, 0.717) is 6.61 Å². The molecule has 1 aromatic carbocycles. The minimum atomic E-state index is -0.177. The summed E-state index contributed by atoms with van der Waals surface area (Å²) < 4.78 is 5.28. The van der Waals surface area contributed by atoms with Gasteiger partial charge in [0.05, 0.1) is 6.61 Å². The predicted octanol–water partition coefficient (Wildman–Crippen LogP) is 3.72. The van der Waals surface area contributed by atoms with Gasteiger partial charge in [-0.2, -0.15) is 0 Å². The molecule has 21 heavy (non-hydrogen) atoms. The van der Waals surface area contributed by atoms with Gasteiger partial charge >= 0.3 is 5.97 Å². The van der Waals surface area contributed by atoms with Crippen molar-refractivity contribution in [3.05, 3.63) is 47.0 Å². The van der Waals surface area contributed by atoms with Crippen LogP contribution in [0.5, 0.6) is 0 Å². The SMILES string of the molecule is CCOC(=O)C1CC(C)=C(C)CN1C(C)c1ccccc1. The fourth-order valence-electron chi connectivity index (χ4n) is 2.89. The van der Waals surface area contributed by atoms with Crippen LogP contribution in [0.25, 0.3) is 0 Å². The van der Waals surface area contributed by atoms with E-state index in [1.165, 1.54) is 16.7 Å². The lowest BCUT2D eigenvalue weighted by Crippen LogP contribution is -2.47. The first-order valence-electron chi connectivity index (χ1n) is 7.67. The molecule has 2 rings (SSSR count). The van der Waals surface area contributed by atoms with Crippen molar-refractivity contribution >= 4 is 5.97 Å². The van der Waals surface area contributed by atoms with Crippen LogP contribution in [0.3, 0.4) is 0 Å². The molecule has 0 aromatic heterocycles. The van der Waals surface area contributed by atoms with E-state index >= 15 is 0 Å². The number of carbonyl (C=O) groups is 1. The number of esters is 1. The third kappa shape index (κ3) is 3.53. The van der Waals surface area contributed by atoms with Gasteiger partial charge < -0.3 is 4.74 Å². The second-order valence-electron chi connectivity index (χ2n) is 5.79. The highest BCUT2D eigenvalue weighted by Gasteiger charge is 2.34. The van der Waals surface area contributed by atoms with Gasteiger partial charge in [-0.3, -0.25) is 9.69 Å². The molecule has 1 aliphatic rings. The fourth-order valence-corrected chi connectivity index (χ4v) is 2.89. The summed E-state index contributed by atoms with van der Waals surface area (Å²) >= 11 is 0. The van der Waals surface area contributed by atoms with Crippen LogP contribution in [0.2, 0.25) is 0 Å². The maximum atomic E-state index is 12.3. The highest BCUT2D eigenvalue weighted by atomic mass is 16.5. The third-order valence-corrected chi connectivity index (χ3v) is 4.39. The van der Waals surface area contributed by atoms with Crippen molar-refractivity contribution in [1.29, 1.82) is 0 Å². The number of rotatable bonds is 4. The molecule has 0 amide bonds. The fraction of sp³-hybridized carbons (Fsp3) is 0.500. The van der Waals surface area contributed by atoms with Gasteiger partial charge in [-0.05, 0) is 39.7 Å². The lowest BCUT2D eigenvalue weighted by Gasteiger charge is -2.39. The van der Waals surface area contributed by atoms with E-state index in [9.17, 15) is 4.79 Å². The molecule has 2 atom stereocenters. The number of ether oxygens (including phenoxy) is 1. The lowest BCUT2D eigenvalue weighted by atomic mass is 9.93. The zero-order valence-electron chi connectivity index (χ0n) is 13.4. The van der Waals surface area contributed by atoms with Crippen LogP contribution in [-0.4, -0.2) is 30.1 Å². The molecule has 0 spiro atoms. The highest BCUT2D eigenvalue weighted by molar-refractivity contribution is 5.76. The van der Waals surface area contributed by atoms with E-state index in [0.717, 1.165) is 13.0 Å². The van der Waals surface area contributed by atoms with E-state index in [1.807, 2.05) is 25.1 Å². The summed E-state index contributed by atoms with van der Waals surface area (Å²) in [5, 5.41) is 0. The maximum absolute atomic E-state index is 12.3. The number of carbonyl (C=O) groups excluding carboxylic acids is 1. The minimum absolute atomic E-state index is 0.105. The van der Waals surface area contributed by atoms with Gasteiger partial charge in [-0.25, -0.2) is 0 Å². The molecule has 0 saturated heterocycles. The summed E-state index contributed by atoms with van der Waals surface area (Å²) in [6, 6.07) is 10.4. The summed E-state index contributed by atoms with van der Waals surface area (Å²) in [4.78, 5) is 14.6. The van der Waals surface area contributed by atoms with Crippen molar-refractivity contribution in [3.8, 4) is 0 Å². The van der Waals surface area contributed by atoms with Gasteiger partial charge in [-0.1, -0.05) is 41.5 Å². The van der Waals surface area contributed by atoms with Crippen molar-refractivity contribution in [2.24, 2.45) is 0 Å². The van der Waals surface area contributed by atoms with Crippen LogP contribution in [0.15, 0.2) is 41.5 Å². The monoisotopic (exact) mass is 287 g/mol. The first-order valence-corrected chi connectivity index (χ1v) is 7.67. The molecule has 0 saturated carbocycles. The van der Waals surface area contributed by atoms with Crippen molar-refractivity contribution in [1.82, 2.24) is 4.90 Å². The molecule has 1 aromatic rings. The Balaban J connectivity index is 2.27. The smallest absolute Gasteiger partial charge is 0.323 e. The third-order valence-electron chi connectivity index (χ3n) is 4.39. The van der Waals surface area contributed by atoms with Gasteiger partial charge in [0.15, 0.2) is 0 Å². The van der Waals surface area contributed by atoms with Crippen LogP contribution < -0.4 is 0 Å². The Hall–Kier alpha value is -1.61. The molecule has 1 aliphatic heterocycles. The van der Waals surface area contributed by atoms with Gasteiger partial charge in [0, 0.05) is 12.6 Å². The molecule has 3 heteroatoms. The van der Waals surface area contributed by atoms with Crippen molar-refractivity contribution in [2.75, 3.05) is 13.2 Å². The molecule has 1 heterocycles. The number of benzene rings is 1. The van der Waals surface area contributed by atoms with Crippen molar-refractivity contribution < 1.29 is 9.53 Å². The zero-order chi connectivity index (χ0) is 15.4. The first-order chi connectivity index (χ1) is 10.0. The van der Waals surface area contributed by atoms with E-state index in [-0.39, 0.29) is 18.1 Å². The largest absolute Gasteiger partial charge is 0.465 e. The summed E-state index contributed by atoms with van der Waals surface area (Å²) in [5.41, 5.74) is 3.90. The molecule has 3 nitrogen and oxygen atoms in total. The topological polar surface area (TPSA) is 29.5 Å². The average molecular weight is 287 g/mol. The van der Waals surface area contributed by atoms with E-state index in [1.54, 1.807) is 0 Å². The lowest BCUT2D eigenvalue weighted by molar-refractivity contribution is -0.150. The molecule has 0 bridgehead atoms. The Morgan fingerprint density at radius 1 is 1.29 bits per heavy atom. The number of hydrogen-bond acceptors (Lipinski definition) is 3. The van der Waals surface area contributed by atoms with Crippen LogP contribution in [0.1, 0.15) is 45.7 Å². The Morgan fingerprint density at radius 2 is 1.95 bits per heavy atom. The van der Waals surface area contributed by atoms with Gasteiger partial charge in [0.1, 0.15) is 6.04 Å². The molecular weight excluding hydrogens is 262 g/mol. The quantitative estimate of drug-likeness (QED) is 0.624. The molecule has 0 fully saturated rings. The normalized spacial score (nSPS) is 21.2. The van der Waals surface area contributed by atoms with Gasteiger partial charge in [-0.15, -0.1) is 0 Å². The Labute approximate surface area is 127 Å². The summed E-state index contributed by atoms with van der Waals surface area (Å²) in [6.45, 7) is 9.55. The molecule has 114 valence electrons. The van der Waals surface area contributed by atoms with Crippen LogP contribution in [0.4, 0.5) is 0 Å². The molecular formula is C18H25NO2. The van der Waals surface area contributed by atoms with E-state index in [4.69, 9.17) is 4.74 Å². The maximum Gasteiger partial charge on any atom is 0.323 e. The zero-order valence-corrected chi connectivity index (χ0v) is 13.4. The van der Waals surface area contributed by atoms with Crippen LogP contribution in [0, 0.1) is 0 Å². The van der Waals surface area contributed by atoms with E-state index < -0.39 is 0 Å². The Kier molecular flexibility index (Phi) is 5.18. The van der Waals surface area contributed by atoms with Gasteiger partial charge in [0.2, 0.25) is 0 Å². The van der Waals surface area contributed by atoms with Crippen LogP contribution >= 0.6 is 0 Å². The Bertz CT molecular complexity index is 521. The number of nitrogens with zero attached hydrogens (tertiary/aromatic N) is 1. The summed E-state index contributed by atoms with van der Waals surface area (Å²) in [5.74, 6) is -0.105. The first kappa shape index (κ1) is 15.8. The Morgan fingerprint density at radius 3 is 2.57 bits per heavy atom. The predicted molar refractivity (Wildman–Crippen MR) is 85.0 cm³/mol. The highest BCUT2D eigenvalue weighted by Crippen LogP contribution is 2.31. The summed E-state index contributed by atoms with van der Waals surface area (Å²) in [6.07, 6.45) is 0.766. The van der Waals surface area contributed by atoms with Crippen molar-refractivity contribution in [3.63, 3.8) is 0 Å². The second-order valence-corrected chi connectivity index (χ2v) is 5.79. The van der Waals surface area contributed by atoms with Gasteiger partial charge in [0.25, 0.3) is 0 Å². The van der Waals surface area contributed by atoms with Crippen LogP contribution in [-0.2, 0) is 9.53 Å². The second kappa shape index (κ2) is 6.90. The standard InChI is InChI=1S/C18H25NO2/c1-5-21-18(20)17-11-13(2)14(3)12-19(17)15(4)16-9-7-6-8-10-16/h6-10,15,17H,5,11-12H2,1-4H3. The minimum Gasteiger partial charge on any atom is -0.465 e. The van der Waals surface area contributed by atoms with Crippen molar-refractivity contribution in [2.45, 2.75) is 46.2 Å². The molecule has 0 N–H and O–H groups in total. The number of hydrogen-bond donors (Lipinski definition) is 0. The summed E-state index contributed by atoms with van der Waals surface area (Å²) in [7, 11) is 0. The van der Waals surface area contributed by atoms with E-state index in [2.05, 4.69) is 37.8 Å².